The first-order valence-corrected chi connectivity index (χ1v) is 8.11. The second kappa shape index (κ2) is 5.89. The van der Waals surface area contributed by atoms with Gasteiger partial charge in [0.2, 0.25) is 0 Å². The summed E-state index contributed by atoms with van der Waals surface area (Å²) in [6, 6.07) is 5.45. The van der Waals surface area contributed by atoms with Gasteiger partial charge in [0.05, 0.1) is 0 Å². The van der Waals surface area contributed by atoms with Crippen molar-refractivity contribution in [2.45, 2.75) is 71.8 Å². The molecule has 0 saturated heterocycles. The molecule has 0 aromatic heterocycles. The third-order valence-electron chi connectivity index (χ3n) is 5.08. The van der Waals surface area contributed by atoms with Crippen LogP contribution >= 0.6 is 0 Å². The van der Waals surface area contributed by atoms with Gasteiger partial charge in [-0.1, -0.05) is 39.3 Å². The molecule has 1 nitrogen and oxygen atoms in total. The van der Waals surface area contributed by atoms with Gasteiger partial charge in [0.25, 0.3) is 0 Å². The van der Waals surface area contributed by atoms with Crippen LogP contribution in [0.25, 0.3) is 0 Å². The molecule has 0 aliphatic heterocycles. The SMILES string of the molecule is CNC(Cc1c(C)cc(C(C)(C)C)cc1C)C1CCC1. The van der Waals surface area contributed by atoms with Crippen molar-refractivity contribution in [3.8, 4) is 0 Å². The van der Waals surface area contributed by atoms with Crippen LogP contribution in [0, 0.1) is 19.8 Å². The molecule has 1 aromatic carbocycles. The van der Waals surface area contributed by atoms with E-state index in [1.165, 1.54) is 42.4 Å². The van der Waals surface area contributed by atoms with Gasteiger partial charge in [-0.3, -0.25) is 0 Å². The molecule has 0 radical (unpaired) electrons. The molecule has 1 heteroatoms. The van der Waals surface area contributed by atoms with Crippen LogP contribution in [0.3, 0.4) is 0 Å². The smallest absolute Gasteiger partial charge is 0.0133 e. The molecule has 0 bridgehead atoms. The lowest BCUT2D eigenvalue weighted by Crippen LogP contribution is -2.39. The Bertz CT molecular complexity index is 440. The van der Waals surface area contributed by atoms with E-state index in [2.05, 4.69) is 59.1 Å². The summed E-state index contributed by atoms with van der Waals surface area (Å²) in [7, 11) is 2.12. The van der Waals surface area contributed by atoms with Gasteiger partial charge in [-0.2, -0.15) is 0 Å². The van der Waals surface area contributed by atoms with Crippen molar-refractivity contribution in [3.63, 3.8) is 0 Å². The monoisotopic (exact) mass is 273 g/mol. The van der Waals surface area contributed by atoms with Crippen molar-refractivity contribution in [2.75, 3.05) is 7.05 Å². The predicted molar refractivity (Wildman–Crippen MR) is 88.5 cm³/mol. The molecule has 0 heterocycles. The molecule has 2 rings (SSSR count). The van der Waals surface area contributed by atoms with Crippen LogP contribution in [0.4, 0.5) is 0 Å². The molecular weight excluding hydrogens is 242 g/mol. The van der Waals surface area contributed by atoms with E-state index in [4.69, 9.17) is 0 Å². The van der Waals surface area contributed by atoms with E-state index in [-0.39, 0.29) is 5.41 Å². The summed E-state index contributed by atoms with van der Waals surface area (Å²) in [5.41, 5.74) is 6.19. The van der Waals surface area contributed by atoms with E-state index in [9.17, 15) is 0 Å². The Morgan fingerprint density at radius 3 is 2.05 bits per heavy atom. The third kappa shape index (κ3) is 3.25. The van der Waals surface area contributed by atoms with Crippen LogP contribution in [-0.2, 0) is 11.8 Å². The Morgan fingerprint density at radius 1 is 1.15 bits per heavy atom. The van der Waals surface area contributed by atoms with Crippen molar-refractivity contribution in [1.29, 1.82) is 0 Å². The van der Waals surface area contributed by atoms with Gasteiger partial charge in [0.15, 0.2) is 0 Å². The Morgan fingerprint density at radius 2 is 1.70 bits per heavy atom. The summed E-state index contributed by atoms with van der Waals surface area (Å²) in [5, 5.41) is 3.55. The maximum Gasteiger partial charge on any atom is 0.0133 e. The van der Waals surface area contributed by atoms with Gasteiger partial charge in [-0.25, -0.2) is 0 Å². The van der Waals surface area contributed by atoms with E-state index < -0.39 is 0 Å². The van der Waals surface area contributed by atoms with Crippen molar-refractivity contribution in [2.24, 2.45) is 5.92 Å². The van der Waals surface area contributed by atoms with Crippen molar-refractivity contribution in [3.05, 3.63) is 34.4 Å². The van der Waals surface area contributed by atoms with E-state index in [1.807, 2.05) is 0 Å². The minimum Gasteiger partial charge on any atom is -0.316 e. The van der Waals surface area contributed by atoms with Crippen LogP contribution in [0.1, 0.15) is 62.3 Å². The molecule has 112 valence electrons. The second-order valence-corrected chi connectivity index (χ2v) is 7.63. The Labute approximate surface area is 125 Å². The van der Waals surface area contributed by atoms with Gasteiger partial charge >= 0.3 is 0 Å². The molecular formula is C19H31N. The van der Waals surface area contributed by atoms with Crippen molar-refractivity contribution < 1.29 is 0 Å². The highest BCUT2D eigenvalue weighted by molar-refractivity contribution is 5.41. The number of likely N-dealkylation sites (N-methyl/N-ethyl adjacent to an activating group) is 1. The molecule has 1 N–H and O–H groups in total. The van der Waals surface area contributed by atoms with Crippen molar-refractivity contribution >= 4 is 0 Å². The zero-order valence-corrected chi connectivity index (χ0v) is 14.1. The average Bonchev–Trinajstić information content (AvgIpc) is 2.28. The van der Waals surface area contributed by atoms with Crippen LogP contribution in [0.5, 0.6) is 0 Å². The van der Waals surface area contributed by atoms with Gasteiger partial charge in [-0.15, -0.1) is 0 Å². The number of nitrogens with one attached hydrogen (secondary N) is 1. The lowest BCUT2D eigenvalue weighted by Gasteiger charge is -2.34. The summed E-state index contributed by atoms with van der Waals surface area (Å²) in [4.78, 5) is 0. The van der Waals surface area contributed by atoms with Gasteiger partial charge in [0, 0.05) is 6.04 Å². The predicted octanol–water partition coefficient (Wildman–Crippen LogP) is 4.53. The molecule has 0 spiro atoms. The normalized spacial score (nSPS) is 17.9. The standard InChI is InChI=1S/C19H31N/c1-13-10-16(19(3,4)5)11-14(2)17(13)12-18(20-6)15-8-7-9-15/h10-11,15,18,20H,7-9,12H2,1-6H3. The van der Waals surface area contributed by atoms with Crippen LogP contribution in [0.15, 0.2) is 12.1 Å². The number of benzene rings is 1. The highest BCUT2D eigenvalue weighted by Crippen LogP contribution is 2.33. The summed E-state index contributed by atoms with van der Waals surface area (Å²) >= 11 is 0. The lowest BCUT2D eigenvalue weighted by atomic mass is 9.76. The molecule has 1 aromatic rings. The molecule has 1 atom stereocenters. The third-order valence-corrected chi connectivity index (χ3v) is 5.08. The fraction of sp³-hybridized carbons (Fsp3) is 0.684. The number of rotatable bonds is 4. The van der Waals surface area contributed by atoms with E-state index in [0.29, 0.717) is 6.04 Å². The van der Waals surface area contributed by atoms with Gasteiger partial charge < -0.3 is 5.32 Å². The summed E-state index contributed by atoms with van der Waals surface area (Å²) in [5.74, 6) is 0.890. The fourth-order valence-electron chi connectivity index (χ4n) is 3.31. The lowest BCUT2D eigenvalue weighted by molar-refractivity contribution is 0.235. The quantitative estimate of drug-likeness (QED) is 0.849. The first-order chi connectivity index (χ1) is 9.32. The summed E-state index contributed by atoms with van der Waals surface area (Å²) in [6.07, 6.45) is 5.42. The first kappa shape index (κ1) is 15.6. The Kier molecular flexibility index (Phi) is 4.59. The molecule has 1 aliphatic rings. The highest BCUT2D eigenvalue weighted by atomic mass is 14.9. The molecule has 20 heavy (non-hydrogen) atoms. The van der Waals surface area contributed by atoms with Gasteiger partial charge in [0.1, 0.15) is 0 Å². The first-order valence-electron chi connectivity index (χ1n) is 8.11. The molecule has 1 saturated carbocycles. The average molecular weight is 273 g/mol. The maximum absolute atomic E-state index is 3.55. The second-order valence-electron chi connectivity index (χ2n) is 7.63. The topological polar surface area (TPSA) is 12.0 Å². The largest absolute Gasteiger partial charge is 0.316 e. The van der Waals surface area contributed by atoms with Gasteiger partial charge in [-0.05, 0) is 73.7 Å². The van der Waals surface area contributed by atoms with E-state index in [0.717, 1.165) is 5.92 Å². The van der Waals surface area contributed by atoms with Crippen LogP contribution in [0.2, 0.25) is 0 Å². The van der Waals surface area contributed by atoms with Crippen LogP contribution in [-0.4, -0.2) is 13.1 Å². The molecule has 0 amide bonds. The zero-order valence-electron chi connectivity index (χ0n) is 14.1. The Balaban J connectivity index is 2.23. The van der Waals surface area contributed by atoms with Crippen LogP contribution < -0.4 is 5.32 Å². The van der Waals surface area contributed by atoms with E-state index in [1.54, 1.807) is 5.56 Å². The molecule has 1 fully saturated rings. The van der Waals surface area contributed by atoms with Crippen molar-refractivity contribution in [1.82, 2.24) is 5.32 Å². The summed E-state index contributed by atoms with van der Waals surface area (Å²) in [6.45, 7) is 11.5. The Hall–Kier alpha value is -0.820. The number of aryl methyl sites for hydroxylation is 2. The minimum atomic E-state index is 0.241. The molecule has 1 aliphatic carbocycles. The maximum atomic E-state index is 3.55. The summed E-state index contributed by atoms with van der Waals surface area (Å²) < 4.78 is 0. The molecule has 1 unspecified atom stereocenters. The number of hydrogen-bond acceptors (Lipinski definition) is 1. The fourth-order valence-corrected chi connectivity index (χ4v) is 3.31. The minimum absolute atomic E-state index is 0.241. The zero-order chi connectivity index (χ0) is 14.9. The number of hydrogen-bond donors (Lipinski definition) is 1. The highest BCUT2D eigenvalue weighted by Gasteiger charge is 2.27. The van der Waals surface area contributed by atoms with E-state index >= 15 is 0 Å².